The van der Waals surface area contributed by atoms with Crippen molar-refractivity contribution in [3.8, 4) is 5.75 Å². The molecule has 0 aliphatic carbocycles. The fourth-order valence-electron chi connectivity index (χ4n) is 1.73. The van der Waals surface area contributed by atoms with Gasteiger partial charge in [0.15, 0.2) is 0 Å². The molecule has 1 amide bonds. The third-order valence-corrected chi connectivity index (χ3v) is 3.53. The number of hydrogen-bond acceptors (Lipinski definition) is 6. The van der Waals surface area contributed by atoms with E-state index in [0.29, 0.717) is 17.2 Å². The van der Waals surface area contributed by atoms with Crippen molar-refractivity contribution in [1.82, 2.24) is 10.3 Å². The summed E-state index contributed by atoms with van der Waals surface area (Å²) < 4.78 is 0. The van der Waals surface area contributed by atoms with Crippen LogP contribution in [-0.2, 0) is 29.0 Å². The zero-order valence-corrected chi connectivity index (χ0v) is 11.9. The van der Waals surface area contributed by atoms with Crippen LogP contribution in [0.15, 0.2) is 29.6 Å². The SMILES string of the molecule is O=C([O-])Cc1csc(CC(=O)NCc2cccc(O)c2)n1. The number of nitrogens with zero attached hydrogens (tertiary/aromatic N) is 1. The molecule has 0 saturated heterocycles. The summed E-state index contributed by atoms with van der Waals surface area (Å²) in [6, 6.07) is 6.62. The van der Waals surface area contributed by atoms with Crippen molar-refractivity contribution in [2.75, 3.05) is 0 Å². The fourth-order valence-corrected chi connectivity index (χ4v) is 2.52. The van der Waals surface area contributed by atoms with Crippen LogP contribution in [0.4, 0.5) is 0 Å². The summed E-state index contributed by atoms with van der Waals surface area (Å²) in [4.78, 5) is 26.3. The number of amides is 1. The van der Waals surface area contributed by atoms with Gasteiger partial charge in [-0.05, 0) is 17.7 Å². The van der Waals surface area contributed by atoms with Crippen LogP contribution in [0.1, 0.15) is 16.3 Å². The average molecular weight is 305 g/mol. The molecule has 1 aromatic heterocycles. The van der Waals surface area contributed by atoms with Crippen LogP contribution < -0.4 is 10.4 Å². The first kappa shape index (κ1) is 15.0. The largest absolute Gasteiger partial charge is 0.550 e. The molecule has 1 heterocycles. The van der Waals surface area contributed by atoms with Gasteiger partial charge in [-0.3, -0.25) is 4.79 Å². The smallest absolute Gasteiger partial charge is 0.227 e. The molecule has 0 aliphatic rings. The average Bonchev–Trinajstić information content (AvgIpc) is 2.83. The molecule has 7 heteroatoms. The number of benzene rings is 1. The number of aromatic nitrogens is 1. The number of aromatic hydroxyl groups is 1. The first-order valence-electron chi connectivity index (χ1n) is 6.20. The Balaban J connectivity index is 1.84. The van der Waals surface area contributed by atoms with Gasteiger partial charge in [-0.1, -0.05) is 12.1 Å². The molecule has 0 saturated carbocycles. The monoisotopic (exact) mass is 305 g/mol. The van der Waals surface area contributed by atoms with Crippen molar-refractivity contribution in [3.63, 3.8) is 0 Å². The van der Waals surface area contributed by atoms with Gasteiger partial charge in [0.1, 0.15) is 10.8 Å². The van der Waals surface area contributed by atoms with Crippen LogP contribution in [0.2, 0.25) is 0 Å². The van der Waals surface area contributed by atoms with Crippen LogP contribution in [0, 0.1) is 0 Å². The van der Waals surface area contributed by atoms with Gasteiger partial charge in [-0.15, -0.1) is 11.3 Å². The number of carboxylic acids is 1. The minimum absolute atomic E-state index is 0.0938. The van der Waals surface area contributed by atoms with Crippen molar-refractivity contribution in [2.24, 2.45) is 0 Å². The van der Waals surface area contributed by atoms with E-state index in [9.17, 15) is 19.8 Å². The Morgan fingerprint density at radius 3 is 2.86 bits per heavy atom. The second-order valence-corrected chi connectivity index (χ2v) is 5.35. The van der Waals surface area contributed by atoms with Crippen LogP contribution in [0.25, 0.3) is 0 Å². The van der Waals surface area contributed by atoms with Crippen molar-refractivity contribution in [3.05, 3.63) is 45.9 Å². The molecule has 0 fully saturated rings. The van der Waals surface area contributed by atoms with Crippen LogP contribution in [0.3, 0.4) is 0 Å². The normalized spacial score (nSPS) is 10.3. The molecule has 2 aromatic rings. The maximum atomic E-state index is 11.8. The first-order chi connectivity index (χ1) is 10.0. The minimum atomic E-state index is -1.19. The minimum Gasteiger partial charge on any atom is -0.550 e. The summed E-state index contributed by atoms with van der Waals surface area (Å²) in [6.45, 7) is 0.310. The second-order valence-electron chi connectivity index (χ2n) is 4.40. The number of thiazole rings is 1. The molecule has 0 aliphatic heterocycles. The quantitative estimate of drug-likeness (QED) is 0.782. The number of nitrogens with one attached hydrogen (secondary N) is 1. The van der Waals surface area contributed by atoms with Gasteiger partial charge in [0.25, 0.3) is 0 Å². The van der Waals surface area contributed by atoms with E-state index in [1.165, 1.54) is 11.3 Å². The van der Waals surface area contributed by atoms with E-state index < -0.39 is 5.97 Å². The van der Waals surface area contributed by atoms with E-state index in [1.54, 1.807) is 29.6 Å². The lowest BCUT2D eigenvalue weighted by Gasteiger charge is -2.04. The van der Waals surface area contributed by atoms with Gasteiger partial charge < -0.3 is 20.3 Å². The summed E-state index contributed by atoms with van der Waals surface area (Å²) in [6.07, 6.45) is -0.155. The highest BCUT2D eigenvalue weighted by Gasteiger charge is 2.08. The Morgan fingerprint density at radius 1 is 1.33 bits per heavy atom. The zero-order valence-electron chi connectivity index (χ0n) is 11.0. The Bertz CT molecular complexity index is 654. The molecule has 0 bridgehead atoms. The van der Waals surface area contributed by atoms with Gasteiger partial charge >= 0.3 is 0 Å². The first-order valence-corrected chi connectivity index (χ1v) is 7.08. The number of phenols is 1. The standard InChI is InChI=1S/C14H14N2O4S/c17-11-3-1-2-9(4-11)7-15-12(18)6-13-16-10(8-21-13)5-14(19)20/h1-4,8,17H,5-7H2,(H,15,18)(H,19,20)/p-1. The molecule has 0 spiro atoms. The van der Waals surface area contributed by atoms with Crippen LogP contribution in [-0.4, -0.2) is 22.0 Å². The predicted octanol–water partition coefficient (Wildman–Crippen LogP) is -0.000000000000000777. The Kier molecular flexibility index (Phi) is 4.89. The van der Waals surface area contributed by atoms with Crippen molar-refractivity contribution >= 4 is 23.2 Å². The summed E-state index contributed by atoms with van der Waals surface area (Å²) in [5.41, 5.74) is 1.19. The summed E-state index contributed by atoms with van der Waals surface area (Å²) in [7, 11) is 0. The summed E-state index contributed by atoms with van der Waals surface area (Å²) in [5, 5.41) is 24.6. The molecule has 0 unspecified atom stereocenters. The van der Waals surface area contributed by atoms with Gasteiger partial charge in [-0.25, -0.2) is 4.98 Å². The van der Waals surface area contributed by atoms with Gasteiger partial charge in [0, 0.05) is 24.3 Å². The molecule has 2 N–H and O–H groups in total. The highest BCUT2D eigenvalue weighted by atomic mass is 32.1. The lowest BCUT2D eigenvalue weighted by molar-refractivity contribution is -0.304. The van der Waals surface area contributed by atoms with Crippen LogP contribution in [0.5, 0.6) is 5.75 Å². The number of hydrogen-bond donors (Lipinski definition) is 2. The maximum absolute atomic E-state index is 11.8. The number of rotatable bonds is 6. The molecule has 2 rings (SSSR count). The number of carbonyl (C=O) groups excluding carboxylic acids is 2. The molecular formula is C14H13N2O4S-. The van der Waals surface area contributed by atoms with Crippen LogP contribution >= 0.6 is 11.3 Å². The third kappa shape index (κ3) is 4.88. The number of carboxylic acid groups (broad SMARTS) is 1. The van der Waals surface area contributed by atoms with E-state index in [2.05, 4.69) is 10.3 Å². The van der Waals surface area contributed by atoms with E-state index in [0.717, 1.165) is 5.56 Å². The molecule has 1 aromatic carbocycles. The topological polar surface area (TPSA) is 102 Å². The molecule has 0 atom stereocenters. The zero-order chi connectivity index (χ0) is 15.2. The molecular weight excluding hydrogens is 292 g/mol. The lowest BCUT2D eigenvalue weighted by atomic mass is 10.2. The Morgan fingerprint density at radius 2 is 2.14 bits per heavy atom. The summed E-state index contributed by atoms with van der Waals surface area (Å²) in [5.74, 6) is -1.26. The van der Waals surface area contributed by atoms with Gasteiger partial charge in [0.05, 0.1) is 12.1 Å². The van der Waals surface area contributed by atoms with Gasteiger partial charge in [0.2, 0.25) is 5.91 Å². The molecule has 0 radical (unpaired) electrons. The Labute approximate surface area is 125 Å². The van der Waals surface area contributed by atoms with Gasteiger partial charge in [-0.2, -0.15) is 0 Å². The predicted molar refractivity (Wildman–Crippen MR) is 74.5 cm³/mol. The van der Waals surface area contributed by atoms with Crippen molar-refractivity contribution in [1.29, 1.82) is 0 Å². The number of aliphatic carboxylic acids is 1. The lowest BCUT2D eigenvalue weighted by Crippen LogP contribution is -2.25. The van der Waals surface area contributed by atoms with E-state index in [-0.39, 0.29) is 24.5 Å². The molecule has 110 valence electrons. The highest BCUT2D eigenvalue weighted by molar-refractivity contribution is 7.09. The van der Waals surface area contributed by atoms with Crippen molar-refractivity contribution < 1.29 is 19.8 Å². The highest BCUT2D eigenvalue weighted by Crippen LogP contribution is 2.12. The fraction of sp³-hybridized carbons (Fsp3) is 0.214. The Hall–Kier alpha value is -2.41. The number of phenolic OH excluding ortho intramolecular Hbond substituents is 1. The summed E-state index contributed by atoms with van der Waals surface area (Å²) >= 11 is 1.24. The van der Waals surface area contributed by atoms with Crippen molar-refractivity contribution in [2.45, 2.75) is 19.4 Å². The van der Waals surface area contributed by atoms with E-state index in [4.69, 9.17) is 0 Å². The third-order valence-electron chi connectivity index (χ3n) is 2.64. The molecule has 6 nitrogen and oxygen atoms in total. The number of carbonyl (C=O) groups is 2. The second kappa shape index (κ2) is 6.85. The molecule has 21 heavy (non-hydrogen) atoms. The van der Waals surface area contributed by atoms with E-state index >= 15 is 0 Å². The maximum Gasteiger partial charge on any atom is 0.227 e. The van der Waals surface area contributed by atoms with E-state index in [1.807, 2.05) is 0 Å².